The molecule has 0 fully saturated rings. The van der Waals surface area contributed by atoms with E-state index in [1.165, 1.54) is 42.6 Å². The molecule has 2 N–H and O–H groups in total. The number of hydrogen-bond donors (Lipinski definition) is 2. The van der Waals surface area contributed by atoms with Gasteiger partial charge < -0.3 is 10.6 Å². The average molecular weight is 350 g/mol. The van der Waals surface area contributed by atoms with Gasteiger partial charge in [-0.1, -0.05) is 6.07 Å². The van der Waals surface area contributed by atoms with Gasteiger partial charge in [0.15, 0.2) is 0 Å². The van der Waals surface area contributed by atoms with Crippen molar-refractivity contribution in [2.24, 2.45) is 0 Å². The summed E-state index contributed by atoms with van der Waals surface area (Å²) in [5.74, 6) is -1.21. The minimum atomic E-state index is -0.487. The summed E-state index contributed by atoms with van der Waals surface area (Å²) in [5.41, 5.74) is 1.70. The lowest BCUT2D eigenvalue weighted by Crippen LogP contribution is -2.23. The fraction of sp³-hybridized carbons (Fsp3) is 0.0526. The predicted octanol–water partition coefficient (Wildman–Crippen LogP) is 2.80. The molecule has 3 rings (SSSR count). The van der Waals surface area contributed by atoms with Crippen LogP contribution in [0.1, 0.15) is 26.4 Å². The van der Waals surface area contributed by atoms with Gasteiger partial charge >= 0.3 is 0 Å². The van der Waals surface area contributed by atoms with Crippen LogP contribution in [0, 0.1) is 5.82 Å². The van der Waals surface area contributed by atoms with Gasteiger partial charge in [-0.2, -0.15) is 0 Å². The Morgan fingerprint density at radius 1 is 1.00 bits per heavy atom. The van der Waals surface area contributed by atoms with Crippen molar-refractivity contribution in [2.75, 3.05) is 5.32 Å². The SMILES string of the molecule is O=C(NCc1cccnc1)c1ccnc(C(=O)Nc2ccc(F)cc2)c1. The molecule has 6 nitrogen and oxygen atoms in total. The van der Waals surface area contributed by atoms with Crippen molar-refractivity contribution < 1.29 is 14.0 Å². The van der Waals surface area contributed by atoms with Gasteiger partial charge in [-0.15, -0.1) is 0 Å². The number of carbonyl (C=O) groups is 2. The zero-order valence-corrected chi connectivity index (χ0v) is 13.6. The van der Waals surface area contributed by atoms with Crippen molar-refractivity contribution in [1.82, 2.24) is 15.3 Å². The van der Waals surface area contributed by atoms with Crippen molar-refractivity contribution in [3.05, 3.63) is 89.8 Å². The number of pyridine rings is 2. The van der Waals surface area contributed by atoms with Crippen LogP contribution >= 0.6 is 0 Å². The van der Waals surface area contributed by atoms with E-state index in [0.717, 1.165) is 5.56 Å². The van der Waals surface area contributed by atoms with E-state index in [1.54, 1.807) is 18.5 Å². The molecule has 0 unspecified atom stereocenters. The molecule has 0 aliphatic rings. The summed E-state index contributed by atoms with van der Waals surface area (Å²) in [5, 5.41) is 5.36. The summed E-state index contributed by atoms with van der Waals surface area (Å²) in [4.78, 5) is 32.5. The highest BCUT2D eigenvalue weighted by atomic mass is 19.1. The van der Waals surface area contributed by atoms with Gasteiger partial charge in [0.25, 0.3) is 11.8 Å². The van der Waals surface area contributed by atoms with E-state index >= 15 is 0 Å². The normalized spacial score (nSPS) is 10.2. The fourth-order valence-corrected chi connectivity index (χ4v) is 2.21. The first-order chi connectivity index (χ1) is 12.6. The van der Waals surface area contributed by atoms with E-state index in [9.17, 15) is 14.0 Å². The van der Waals surface area contributed by atoms with Crippen LogP contribution in [0.15, 0.2) is 67.1 Å². The molecule has 2 heterocycles. The Hall–Kier alpha value is -3.61. The standard InChI is InChI=1S/C19H15FN4O2/c20-15-3-5-16(6-4-15)24-19(26)17-10-14(7-9-22-17)18(25)23-12-13-2-1-8-21-11-13/h1-11H,12H2,(H,23,25)(H,24,26). The molecule has 0 saturated carbocycles. The molecule has 26 heavy (non-hydrogen) atoms. The van der Waals surface area contributed by atoms with Gasteiger partial charge in [-0.05, 0) is 48.0 Å². The third kappa shape index (κ3) is 4.47. The predicted molar refractivity (Wildman–Crippen MR) is 94.0 cm³/mol. The maximum absolute atomic E-state index is 12.9. The number of rotatable bonds is 5. The smallest absolute Gasteiger partial charge is 0.274 e. The molecule has 2 amide bonds. The lowest BCUT2D eigenvalue weighted by Gasteiger charge is -2.07. The fourth-order valence-electron chi connectivity index (χ4n) is 2.21. The van der Waals surface area contributed by atoms with Crippen molar-refractivity contribution in [3.8, 4) is 0 Å². The van der Waals surface area contributed by atoms with Crippen LogP contribution in [0.3, 0.4) is 0 Å². The van der Waals surface area contributed by atoms with Gasteiger partial charge in [0.05, 0.1) is 0 Å². The lowest BCUT2D eigenvalue weighted by molar-refractivity contribution is 0.0950. The van der Waals surface area contributed by atoms with Crippen molar-refractivity contribution in [2.45, 2.75) is 6.54 Å². The topological polar surface area (TPSA) is 84.0 Å². The summed E-state index contributed by atoms with van der Waals surface area (Å²) in [6.45, 7) is 0.326. The van der Waals surface area contributed by atoms with Gasteiger partial charge in [0.2, 0.25) is 0 Å². The highest BCUT2D eigenvalue weighted by Crippen LogP contribution is 2.11. The van der Waals surface area contributed by atoms with Gasteiger partial charge in [0.1, 0.15) is 11.5 Å². The molecular formula is C19H15FN4O2. The Bertz CT molecular complexity index is 914. The summed E-state index contributed by atoms with van der Waals surface area (Å²) in [7, 11) is 0. The number of halogens is 1. The second-order valence-electron chi connectivity index (χ2n) is 5.43. The zero-order valence-electron chi connectivity index (χ0n) is 13.6. The van der Waals surface area contributed by atoms with Gasteiger partial charge in [-0.3, -0.25) is 19.6 Å². The quantitative estimate of drug-likeness (QED) is 0.741. The number of nitrogens with one attached hydrogen (secondary N) is 2. The Balaban J connectivity index is 1.66. The second kappa shape index (κ2) is 7.98. The van der Waals surface area contributed by atoms with Crippen molar-refractivity contribution >= 4 is 17.5 Å². The first-order valence-corrected chi connectivity index (χ1v) is 7.82. The molecule has 0 radical (unpaired) electrons. The maximum Gasteiger partial charge on any atom is 0.274 e. The first-order valence-electron chi connectivity index (χ1n) is 7.82. The molecular weight excluding hydrogens is 335 g/mol. The van der Waals surface area contributed by atoms with Crippen LogP contribution in [0.25, 0.3) is 0 Å². The molecule has 0 spiro atoms. The molecule has 0 bridgehead atoms. The Labute approximate surface area is 149 Å². The second-order valence-corrected chi connectivity index (χ2v) is 5.43. The minimum absolute atomic E-state index is 0.0864. The molecule has 1 aromatic carbocycles. The molecule has 0 saturated heterocycles. The van der Waals surface area contributed by atoms with E-state index in [4.69, 9.17) is 0 Å². The zero-order chi connectivity index (χ0) is 18.4. The van der Waals surface area contributed by atoms with Crippen LogP contribution < -0.4 is 10.6 Å². The van der Waals surface area contributed by atoms with Crippen LogP contribution in [0.5, 0.6) is 0 Å². The Kier molecular flexibility index (Phi) is 5.28. The lowest BCUT2D eigenvalue weighted by atomic mass is 10.2. The average Bonchev–Trinajstić information content (AvgIpc) is 2.69. The third-order valence-corrected chi connectivity index (χ3v) is 3.53. The number of nitrogens with zero attached hydrogens (tertiary/aromatic N) is 2. The summed E-state index contributed by atoms with van der Waals surface area (Å²) < 4.78 is 12.9. The van der Waals surface area contributed by atoms with Crippen molar-refractivity contribution in [1.29, 1.82) is 0 Å². The van der Waals surface area contributed by atoms with Crippen LogP contribution in [0.2, 0.25) is 0 Å². The first kappa shape index (κ1) is 17.2. The van der Waals surface area contributed by atoms with E-state index in [0.29, 0.717) is 17.8 Å². The molecule has 2 aromatic heterocycles. The molecule has 0 aliphatic heterocycles. The Morgan fingerprint density at radius 3 is 2.54 bits per heavy atom. The summed E-state index contributed by atoms with van der Waals surface area (Å²) in [6.07, 6.45) is 4.70. The maximum atomic E-state index is 12.9. The summed E-state index contributed by atoms with van der Waals surface area (Å²) in [6, 6.07) is 11.9. The largest absolute Gasteiger partial charge is 0.348 e. The summed E-state index contributed by atoms with van der Waals surface area (Å²) >= 11 is 0. The molecule has 3 aromatic rings. The number of benzene rings is 1. The number of amides is 2. The van der Waals surface area contributed by atoms with E-state index in [1.807, 2.05) is 6.07 Å². The minimum Gasteiger partial charge on any atom is -0.348 e. The monoisotopic (exact) mass is 350 g/mol. The Morgan fingerprint density at radius 2 is 1.81 bits per heavy atom. The number of hydrogen-bond acceptors (Lipinski definition) is 4. The third-order valence-electron chi connectivity index (χ3n) is 3.53. The number of carbonyl (C=O) groups excluding carboxylic acids is 2. The van der Waals surface area contributed by atoms with Gasteiger partial charge in [0, 0.05) is 36.4 Å². The van der Waals surface area contributed by atoms with E-state index in [2.05, 4.69) is 20.6 Å². The van der Waals surface area contributed by atoms with Crippen LogP contribution in [-0.2, 0) is 6.54 Å². The molecule has 0 aliphatic carbocycles. The number of aromatic nitrogens is 2. The van der Waals surface area contributed by atoms with Crippen LogP contribution in [-0.4, -0.2) is 21.8 Å². The number of anilines is 1. The molecule has 7 heteroatoms. The highest BCUT2D eigenvalue weighted by molar-refractivity contribution is 6.04. The van der Waals surface area contributed by atoms with Gasteiger partial charge in [-0.25, -0.2) is 4.39 Å². The molecule has 0 atom stereocenters. The highest BCUT2D eigenvalue weighted by Gasteiger charge is 2.12. The molecule has 130 valence electrons. The van der Waals surface area contributed by atoms with E-state index in [-0.39, 0.29) is 11.6 Å². The van der Waals surface area contributed by atoms with Crippen molar-refractivity contribution in [3.63, 3.8) is 0 Å². The van der Waals surface area contributed by atoms with E-state index < -0.39 is 11.7 Å². The van der Waals surface area contributed by atoms with Crippen LogP contribution in [0.4, 0.5) is 10.1 Å².